The summed E-state index contributed by atoms with van der Waals surface area (Å²) in [7, 11) is 5.33. The lowest BCUT2D eigenvalue weighted by atomic mass is 10.3. The van der Waals surface area contributed by atoms with Crippen molar-refractivity contribution < 1.29 is 9.53 Å². The van der Waals surface area contributed by atoms with Gasteiger partial charge in [-0.25, -0.2) is 4.79 Å². The highest BCUT2D eigenvalue weighted by Crippen LogP contribution is 2.04. The molecule has 0 N–H and O–H groups in total. The first-order chi connectivity index (χ1) is 7.65. The number of hydrogen-bond donors (Lipinski definition) is 0. The summed E-state index contributed by atoms with van der Waals surface area (Å²) in [6.07, 6.45) is 1.07. The van der Waals surface area contributed by atoms with Crippen LogP contribution in [0.25, 0.3) is 0 Å². The second kappa shape index (κ2) is 6.70. The van der Waals surface area contributed by atoms with Gasteiger partial charge < -0.3 is 14.5 Å². The standard InChI is InChI=1S/C11H23N3O2/c1-12(2)11(15)14-8-6-13(7-9-14)5-4-10-16-3/h4-10H2,1-3H3. The Balaban J connectivity index is 2.20. The Hall–Kier alpha value is -0.810. The van der Waals surface area contributed by atoms with Crippen molar-refractivity contribution in [2.45, 2.75) is 6.42 Å². The molecule has 5 heteroatoms. The first-order valence-corrected chi connectivity index (χ1v) is 5.82. The summed E-state index contributed by atoms with van der Waals surface area (Å²) in [5, 5.41) is 0. The molecule has 1 aliphatic rings. The van der Waals surface area contributed by atoms with Crippen molar-refractivity contribution in [1.82, 2.24) is 14.7 Å². The van der Waals surface area contributed by atoms with Gasteiger partial charge >= 0.3 is 6.03 Å². The third-order valence-corrected chi connectivity index (χ3v) is 2.85. The number of ether oxygens (including phenoxy) is 1. The van der Waals surface area contributed by atoms with Crippen LogP contribution in [-0.4, -0.2) is 81.3 Å². The monoisotopic (exact) mass is 229 g/mol. The molecule has 16 heavy (non-hydrogen) atoms. The second-order valence-electron chi connectivity index (χ2n) is 4.35. The molecule has 0 spiro atoms. The summed E-state index contributed by atoms with van der Waals surface area (Å²) in [6.45, 7) is 5.51. The number of urea groups is 1. The Morgan fingerprint density at radius 2 is 1.88 bits per heavy atom. The van der Waals surface area contributed by atoms with Crippen molar-refractivity contribution in [3.63, 3.8) is 0 Å². The topological polar surface area (TPSA) is 36.0 Å². The van der Waals surface area contributed by atoms with Crippen molar-refractivity contribution in [1.29, 1.82) is 0 Å². The zero-order valence-electron chi connectivity index (χ0n) is 10.6. The third-order valence-electron chi connectivity index (χ3n) is 2.85. The van der Waals surface area contributed by atoms with Gasteiger partial charge in [-0.2, -0.15) is 0 Å². The number of amides is 2. The highest BCUT2D eigenvalue weighted by atomic mass is 16.5. The van der Waals surface area contributed by atoms with Crippen LogP contribution in [0.15, 0.2) is 0 Å². The number of carbonyl (C=O) groups excluding carboxylic acids is 1. The van der Waals surface area contributed by atoms with Gasteiger partial charge in [0.2, 0.25) is 0 Å². The molecule has 0 bridgehead atoms. The van der Waals surface area contributed by atoms with Crippen molar-refractivity contribution >= 4 is 6.03 Å². The van der Waals surface area contributed by atoms with Crippen LogP contribution in [0.3, 0.4) is 0 Å². The molecule has 1 fully saturated rings. The molecular weight excluding hydrogens is 206 g/mol. The molecule has 94 valence electrons. The van der Waals surface area contributed by atoms with Crippen LogP contribution < -0.4 is 0 Å². The molecule has 1 aliphatic heterocycles. The molecule has 1 saturated heterocycles. The van der Waals surface area contributed by atoms with Gasteiger partial charge in [-0.1, -0.05) is 0 Å². The minimum Gasteiger partial charge on any atom is -0.385 e. The third kappa shape index (κ3) is 3.98. The number of carbonyl (C=O) groups is 1. The predicted molar refractivity (Wildman–Crippen MR) is 63.6 cm³/mol. The van der Waals surface area contributed by atoms with Gasteiger partial charge in [-0.05, 0) is 6.42 Å². The molecule has 5 nitrogen and oxygen atoms in total. The van der Waals surface area contributed by atoms with Gasteiger partial charge in [0.25, 0.3) is 0 Å². The van der Waals surface area contributed by atoms with Crippen LogP contribution in [0.2, 0.25) is 0 Å². The summed E-state index contributed by atoms with van der Waals surface area (Å²) in [5.74, 6) is 0. The zero-order valence-corrected chi connectivity index (χ0v) is 10.6. The number of hydrogen-bond acceptors (Lipinski definition) is 3. The molecule has 0 radical (unpaired) electrons. The Morgan fingerprint density at radius 1 is 1.25 bits per heavy atom. The first kappa shape index (κ1) is 13.3. The first-order valence-electron chi connectivity index (χ1n) is 5.82. The van der Waals surface area contributed by atoms with Crippen LogP contribution in [0, 0.1) is 0 Å². The van der Waals surface area contributed by atoms with E-state index >= 15 is 0 Å². The molecule has 0 aromatic carbocycles. The number of rotatable bonds is 4. The minimum absolute atomic E-state index is 0.122. The molecular formula is C11H23N3O2. The highest BCUT2D eigenvalue weighted by Gasteiger charge is 2.21. The lowest BCUT2D eigenvalue weighted by molar-refractivity contribution is 0.113. The molecule has 0 atom stereocenters. The molecule has 2 amide bonds. The van der Waals surface area contributed by atoms with Gasteiger partial charge in [-0.15, -0.1) is 0 Å². The summed E-state index contributed by atoms with van der Waals surface area (Å²) in [4.78, 5) is 17.6. The molecule has 0 aromatic heterocycles. The van der Waals surface area contributed by atoms with E-state index in [2.05, 4.69) is 4.90 Å². The lowest BCUT2D eigenvalue weighted by Gasteiger charge is -2.35. The second-order valence-corrected chi connectivity index (χ2v) is 4.35. The van der Waals surface area contributed by atoms with E-state index in [0.29, 0.717) is 0 Å². The van der Waals surface area contributed by atoms with Crippen LogP contribution >= 0.6 is 0 Å². The van der Waals surface area contributed by atoms with E-state index in [4.69, 9.17) is 4.74 Å². The summed E-state index contributed by atoms with van der Waals surface area (Å²) < 4.78 is 5.03. The number of methoxy groups -OCH3 is 1. The maximum atomic E-state index is 11.7. The quantitative estimate of drug-likeness (QED) is 0.651. The smallest absolute Gasteiger partial charge is 0.319 e. The summed E-state index contributed by atoms with van der Waals surface area (Å²) in [5.41, 5.74) is 0. The van der Waals surface area contributed by atoms with Crippen LogP contribution in [0.5, 0.6) is 0 Å². The summed E-state index contributed by atoms with van der Waals surface area (Å²) >= 11 is 0. The highest BCUT2D eigenvalue weighted by molar-refractivity contribution is 5.73. The Kier molecular flexibility index (Phi) is 5.55. The van der Waals surface area contributed by atoms with E-state index in [1.54, 1.807) is 26.1 Å². The fourth-order valence-electron chi connectivity index (χ4n) is 1.88. The van der Waals surface area contributed by atoms with Crippen molar-refractivity contribution in [2.75, 3.05) is 60.5 Å². The molecule has 1 heterocycles. The van der Waals surface area contributed by atoms with Gasteiger partial charge in [0, 0.05) is 60.5 Å². The predicted octanol–water partition coefficient (Wildman–Crippen LogP) is 0.322. The fourth-order valence-corrected chi connectivity index (χ4v) is 1.88. The SMILES string of the molecule is COCCCN1CCN(C(=O)N(C)C)CC1. The lowest BCUT2D eigenvalue weighted by Crippen LogP contribution is -2.51. The van der Waals surface area contributed by atoms with Gasteiger partial charge in [0.15, 0.2) is 0 Å². The Morgan fingerprint density at radius 3 is 2.38 bits per heavy atom. The molecule has 0 saturated carbocycles. The summed E-state index contributed by atoms with van der Waals surface area (Å²) in [6, 6.07) is 0.122. The number of piperazine rings is 1. The van der Waals surface area contributed by atoms with E-state index in [1.165, 1.54) is 0 Å². The Bertz CT molecular complexity index is 213. The molecule has 0 aromatic rings. The number of nitrogens with zero attached hydrogens (tertiary/aromatic N) is 3. The van der Waals surface area contributed by atoms with E-state index in [1.807, 2.05) is 4.90 Å². The van der Waals surface area contributed by atoms with Gasteiger partial charge in [0.05, 0.1) is 0 Å². The van der Waals surface area contributed by atoms with Crippen LogP contribution in [0.1, 0.15) is 6.42 Å². The van der Waals surface area contributed by atoms with Crippen LogP contribution in [-0.2, 0) is 4.74 Å². The largest absolute Gasteiger partial charge is 0.385 e. The van der Waals surface area contributed by atoms with Crippen LogP contribution in [0.4, 0.5) is 4.79 Å². The molecule has 1 rings (SSSR count). The van der Waals surface area contributed by atoms with E-state index in [0.717, 1.165) is 45.8 Å². The minimum atomic E-state index is 0.122. The van der Waals surface area contributed by atoms with E-state index in [9.17, 15) is 4.79 Å². The normalized spacial score (nSPS) is 17.6. The average molecular weight is 229 g/mol. The maximum Gasteiger partial charge on any atom is 0.319 e. The fraction of sp³-hybridized carbons (Fsp3) is 0.909. The van der Waals surface area contributed by atoms with Gasteiger partial charge in [-0.3, -0.25) is 4.90 Å². The average Bonchev–Trinajstić information content (AvgIpc) is 2.29. The molecule has 0 unspecified atom stereocenters. The maximum absolute atomic E-state index is 11.7. The van der Waals surface area contributed by atoms with Crippen molar-refractivity contribution in [3.05, 3.63) is 0 Å². The van der Waals surface area contributed by atoms with Gasteiger partial charge in [0.1, 0.15) is 0 Å². The van der Waals surface area contributed by atoms with E-state index < -0.39 is 0 Å². The van der Waals surface area contributed by atoms with Crippen molar-refractivity contribution in [2.24, 2.45) is 0 Å². The zero-order chi connectivity index (χ0) is 12.0. The van der Waals surface area contributed by atoms with Crippen molar-refractivity contribution in [3.8, 4) is 0 Å². The van der Waals surface area contributed by atoms with E-state index in [-0.39, 0.29) is 6.03 Å². The Labute approximate surface area is 97.9 Å². The molecule has 0 aliphatic carbocycles.